The van der Waals surface area contributed by atoms with Gasteiger partial charge in [0.15, 0.2) is 5.75 Å². The van der Waals surface area contributed by atoms with E-state index >= 15 is 0 Å². The minimum atomic E-state index is -3.47. The minimum absolute atomic E-state index is 0.0911. The fourth-order valence-corrected chi connectivity index (χ4v) is 2.57. The Bertz CT molecular complexity index is 369. The van der Waals surface area contributed by atoms with E-state index in [1.54, 1.807) is 13.0 Å². The lowest BCUT2D eigenvalue weighted by molar-refractivity contribution is -0.124. The molecule has 1 heterocycles. The molecule has 1 saturated heterocycles. The normalized spacial score (nSPS) is 24.6. The second-order valence-corrected chi connectivity index (χ2v) is 5.36. The number of ketones is 1. The molecule has 0 radical (unpaired) electrons. The lowest BCUT2D eigenvalue weighted by Gasteiger charge is -2.28. The van der Waals surface area contributed by atoms with Crippen LogP contribution in [0.5, 0.6) is 0 Å². The first-order valence-electron chi connectivity index (χ1n) is 4.35. The molecule has 0 saturated carbocycles. The molecule has 1 aliphatic rings. The summed E-state index contributed by atoms with van der Waals surface area (Å²) in [6.45, 7) is 2.13. The van der Waals surface area contributed by atoms with Crippen LogP contribution in [0.2, 0.25) is 0 Å². The third-order valence-electron chi connectivity index (χ3n) is 2.28. The highest BCUT2D eigenvalue weighted by atomic mass is 32.2. The van der Waals surface area contributed by atoms with Crippen LogP contribution >= 0.6 is 0 Å². The van der Waals surface area contributed by atoms with E-state index in [1.165, 1.54) is 4.31 Å². The van der Waals surface area contributed by atoms with Crippen LogP contribution in [0.15, 0.2) is 0 Å². The highest BCUT2D eigenvalue weighted by molar-refractivity contribution is 7.89. The Kier molecular flexibility index (Phi) is 3.24. The summed E-state index contributed by atoms with van der Waals surface area (Å²) in [6, 6.07) is 1.62. The fourth-order valence-electron chi connectivity index (χ4n) is 1.41. The topological polar surface area (TPSA) is 78.2 Å². The summed E-state index contributed by atoms with van der Waals surface area (Å²) in [6.07, 6.45) is 0.256. The van der Waals surface area contributed by atoms with E-state index in [2.05, 4.69) is 0 Å². The molecule has 0 aromatic heterocycles. The Hall–Kier alpha value is -0.930. The highest BCUT2D eigenvalue weighted by Gasteiger charge is 2.30. The van der Waals surface area contributed by atoms with Crippen molar-refractivity contribution in [3.63, 3.8) is 0 Å². The van der Waals surface area contributed by atoms with Crippen molar-refractivity contribution < 1.29 is 13.2 Å². The number of Topliss-reactive ketones (excluding diaryl/α,β-unsaturated/α-hetero) is 1. The maximum absolute atomic E-state index is 11.4. The lowest BCUT2D eigenvalue weighted by atomic mass is 10.0. The lowest BCUT2D eigenvalue weighted by Crippen LogP contribution is -2.43. The number of carbonyl (C=O) groups excluding carboxylic acids is 1. The predicted octanol–water partition coefficient (Wildman–Crippen LogP) is -0.249. The van der Waals surface area contributed by atoms with Crippen LogP contribution in [0.25, 0.3) is 0 Å². The van der Waals surface area contributed by atoms with Gasteiger partial charge in [0.05, 0.1) is 6.07 Å². The van der Waals surface area contributed by atoms with Crippen LogP contribution in [0, 0.1) is 17.2 Å². The number of carbonyl (C=O) groups is 1. The first kappa shape index (κ1) is 11.1. The van der Waals surface area contributed by atoms with Crippen LogP contribution < -0.4 is 0 Å². The summed E-state index contributed by atoms with van der Waals surface area (Å²) in [5, 5.41) is 8.33. The zero-order valence-corrected chi connectivity index (χ0v) is 8.75. The minimum Gasteiger partial charge on any atom is -0.299 e. The van der Waals surface area contributed by atoms with Crippen molar-refractivity contribution in [2.75, 3.05) is 18.8 Å². The van der Waals surface area contributed by atoms with Gasteiger partial charge in [-0.25, -0.2) is 8.42 Å². The van der Waals surface area contributed by atoms with Crippen LogP contribution in [0.1, 0.15) is 13.3 Å². The number of hydrogen-bond acceptors (Lipinski definition) is 4. The molecule has 0 N–H and O–H groups in total. The molecule has 1 unspecified atom stereocenters. The molecule has 5 nitrogen and oxygen atoms in total. The summed E-state index contributed by atoms with van der Waals surface area (Å²) in [5.74, 6) is -0.667. The third-order valence-corrected chi connectivity index (χ3v) is 3.89. The van der Waals surface area contributed by atoms with Gasteiger partial charge in [-0.1, -0.05) is 6.92 Å². The van der Waals surface area contributed by atoms with E-state index < -0.39 is 15.8 Å². The molecule has 1 fully saturated rings. The van der Waals surface area contributed by atoms with Gasteiger partial charge in [-0.3, -0.25) is 4.79 Å². The zero-order chi connectivity index (χ0) is 10.8. The van der Waals surface area contributed by atoms with E-state index in [1.807, 2.05) is 0 Å². The third kappa shape index (κ3) is 2.30. The molecule has 1 atom stereocenters. The van der Waals surface area contributed by atoms with Crippen LogP contribution in [-0.2, 0) is 14.8 Å². The number of hydrogen-bond donors (Lipinski definition) is 0. The summed E-state index contributed by atoms with van der Waals surface area (Å²) in [4.78, 5) is 11.1. The molecule has 0 aliphatic carbocycles. The van der Waals surface area contributed by atoms with Crippen molar-refractivity contribution in [1.82, 2.24) is 4.31 Å². The van der Waals surface area contributed by atoms with Crippen molar-refractivity contribution in [2.45, 2.75) is 13.3 Å². The van der Waals surface area contributed by atoms with Gasteiger partial charge in [-0.15, -0.1) is 0 Å². The van der Waals surface area contributed by atoms with Gasteiger partial charge >= 0.3 is 0 Å². The maximum Gasteiger partial charge on any atom is 0.227 e. The molecule has 0 aromatic carbocycles. The van der Waals surface area contributed by atoms with Crippen LogP contribution in [0.4, 0.5) is 0 Å². The Balaban J connectivity index is 2.73. The largest absolute Gasteiger partial charge is 0.299 e. The van der Waals surface area contributed by atoms with Crippen molar-refractivity contribution >= 4 is 15.8 Å². The van der Waals surface area contributed by atoms with E-state index in [-0.39, 0.29) is 31.2 Å². The van der Waals surface area contributed by atoms with Crippen LogP contribution in [0.3, 0.4) is 0 Å². The van der Waals surface area contributed by atoms with Gasteiger partial charge < -0.3 is 0 Å². The molecular weight excluding hydrogens is 204 g/mol. The molecule has 78 valence electrons. The standard InChI is InChI=1S/C8H12N2O3S/c1-7-6-10(4-2-8(7)11)14(12,13)5-3-9/h7H,2,4-6H2,1H3. The van der Waals surface area contributed by atoms with Gasteiger partial charge in [0.25, 0.3) is 0 Å². The van der Waals surface area contributed by atoms with Crippen molar-refractivity contribution in [2.24, 2.45) is 5.92 Å². The van der Waals surface area contributed by atoms with Crippen LogP contribution in [-0.4, -0.2) is 37.3 Å². The second kappa shape index (κ2) is 4.07. The van der Waals surface area contributed by atoms with E-state index in [4.69, 9.17) is 5.26 Å². The molecule has 0 spiro atoms. The summed E-state index contributed by atoms with van der Waals surface area (Å²) >= 11 is 0. The fraction of sp³-hybridized carbons (Fsp3) is 0.750. The monoisotopic (exact) mass is 216 g/mol. The molecule has 0 amide bonds. The molecular formula is C8H12N2O3S. The summed E-state index contributed by atoms with van der Waals surface area (Å²) in [5.41, 5.74) is 0. The number of piperidine rings is 1. The Morgan fingerprint density at radius 2 is 2.29 bits per heavy atom. The average Bonchev–Trinajstić information content (AvgIpc) is 2.09. The highest BCUT2D eigenvalue weighted by Crippen LogP contribution is 2.15. The first-order chi connectivity index (χ1) is 6.47. The van der Waals surface area contributed by atoms with Gasteiger partial charge in [-0.2, -0.15) is 9.57 Å². The van der Waals surface area contributed by atoms with Crippen molar-refractivity contribution in [3.8, 4) is 6.07 Å². The van der Waals surface area contributed by atoms with Crippen molar-refractivity contribution in [1.29, 1.82) is 5.26 Å². The first-order valence-corrected chi connectivity index (χ1v) is 5.96. The van der Waals surface area contributed by atoms with E-state index in [0.717, 1.165) is 0 Å². The van der Waals surface area contributed by atoms with Crippen molar-refractivity contribution in [3.05, 3.63) is 0 Å². The molecule has 1 aliphatic heterocycles. The average molecular weight is 216 g/mol. The summed E-state index contributed by atoms with van der Waals surface area (Å²) in [7, 11) is -3.47. The number of rotatable bonds is 2. The predicted molar refractivity (Wildman–Crippen MR) is 49.8 cm³/mol. The SMILES string of the molecule is CC1CN(S(=O)(=O)CC#N)CCC1=O. The maximum atomic E-state index is 11.4. The Morgan fingerprint density at radius 1 is 1.64 bits per heavy atom. The Labute approximate surface area is 83.4 Å². The number of sulfonamides is 1. The molecule has 0 aromatic rings. The smallest absolute Gasteiger partial charge is 0.227 e. The summed E-state index contributed by atoms with van der Waals surface area (Å²) < 4.78 is 24.1. The molecule has 1 rings (SSSR count). The molecule has 0 bridgehead atoms. The van der Waals surface area contributed by atoms with E-state index in [0.29, 0.717) is 0 Å². The molecule has 14 heavy (non-hydrogen) atoms. The van der Waals surface area contributed by atoms with Gasteiger partial charge in [0.2, 0.25) is 10.0 Å². The van der Waals surface area contributed by atoms with Gasteiger partial charge in [0.1, 0.15) is 5.78 Å². The zero-order valence-electron chi connectivity index (χ0n) is 7.93. The van der Waals surface area contributed by atoms with E-state index in [9.17, 15) is 13.2 Å². The van der Waals surface area contributed by atoms with Gasteiger partial charge in [0, 0.05) is 25.4 Å². The number of nitrogens with zero attached hydrogens (tertiary/aromatic N) is 2. The quantitative estimate of drug-likeness (QED) is 0.637. The Morgan fingerprint density at radius 3 is 2.79 bits per heavy atom. The second-order valence-electron chi connectivity index (χ2n) is 3.39. The van der Waals surface area contributed by atoms with Gasteiger partial charge in [-0.05, 0) is 0 Å². The number of nitriles is 1. The molecule has 6 heteroatoms.